The number of carbonyl (C=O) groups is 3. The van der Waals surface area contributed by atoms with Crippen LogP contribution >= 0.6 is 0 Å². The van der Waals surface area contributed by atoms with Gasteiger partial charge in [0.15, 0.2) is 11.5 Å². The van der Waals surface area contributed by atoms with E-state index in [4.69, 9.17) is 18.9 Å². The largest absolute Gasteiger partial charge is 0.497 e. The molecule has 2 N–H and O–H groups in total. The second-order valence-electron chi connectivity index (χ2n) is 7.14. The molecule has 0 atom stereocenters. The Balaban J connectivity index is 1.61. The summed E-state index contributed by atoms with van der Waals surface area (Å²) in [4.78, 5) is 36.6. The molecule has 10 heteroatoms. The Hall–Kier alpha value is -4.86. The summed E-state index contributed by atoms with van der Waals surface area (Å²) in [5.74, 6) is -0.615. The SMILES string of the molecule is CCOc1cc(/C=N\NC(=O)C(=O)Nc2ccc(OC)cc2)ccc1OC(=O)c1ccc(OC)cc1. The fourth-order valence-electron chi connectivity index (χ4n) is 2.92. The maximum Gasteiger partial charge on any atom is 0.343 e. The third-order valence-corrected chi connectivity index (χ3v) is 4.73. The van der Waals surface area contributed by atoms with Crippen LogP contribution in [0.3, 0.4) is 0 Å². The van der Waals surface area contributed by atoms with Crippen molar-refractivity contribution in [1.82, 2.24) is 5.43 Å². The number of hydrogen-bond donors (Lipinski definition) is 2. The molecule has 0 bridgehead atoms. The molecule has 0 radical (unpaired) electrons. The maximum atomic E-state index is 12.5. The van der Waals surface area contributed by atoms with Crippen molar-refractivity contribution in [2.75, 3.05) is 26.1 Å². The van der Waals surface area contributed by atoms with Gasteiger partial charge in [-0.15, -0.1) is 0 Å². The molecule has 0 fully saturated rings. The summed E-state index contributed by atoms with van der Waals surface area (Å²) in [6, 6.07) is 17.8. The van der Waals surface area contributed by atoms with Gasteiger partial charge in [-0.2, -0.15) is 5.10 Å². The molecule has 0 saturated heterocycles. The Bertz CT molecular complexity index is 1240. The molecule has 0 aliphatic heterocycles. The number of hydrogen-bond acceptors (Lipinski definition) is 8. The molecule has 0 heterocycles. The van der Waals surface area contributed by atoms with Crippen molar-refractivity contribution >= 4 is 29.7 Å². The van der Waals surface area contributed by atoms with E-state index in [2.05, 4.69) is 15.8 Å². The van der Waals surface area contributed by atoms with Crippen LogP contribution in [0.1, 0.15) is 22.8 Å². The van der Waals surface area contributed by atoms with E-state index in [1.54, 1.807) is 73.7 Å². The summed E-state index contributed by atoms with van der Waals surface area (Å²) in [6.07, 6.45) is 1.33. The summed E-state index contributed by atoms with van der Waals surface area (Å²) in [5.41, 5.74) is 3.48. The molecule has 0 spiro atoms. The van der Waals surface area contributed by atoms with Crippen molar-refractivity contribution in [3.8, 4) is 23.0 Å². The lowest BCUT2D eigenvalue weighted by Crippen LogP contribution is -2.32. The minimum absolute atomic E-state index is 0.220. The van der Waals surface area contributed by atoms with Gasteiger partial charge in [-0.05, 0) is 79.2 Å². The molecule has 10 nitrogen and oxygen atoms in total. The average molecular weight is 492 g/mol. The van der Waals surface area contributed by atoms with Crippen LogP contribution in [0, 0.1) is 0 Å². The normalized spacial score (nSPS) is 10.4. The highest BCUT2D eigenvalue weighted by atomic mass is 16.6. The van der Waals surface area contributed by atoms with Crippen LogP contribution < -0.4 is 29.7 Å². The number of hydrazone groups is 1. The van der Waals surface area contributed by atoms with Gasteiger partial charge in [-0.25, -0.2) is 10.2 Å². The molecule has 3 aromatic carbocycles. The Morgan fingerprint density at radius 1 is 0.833 bits per heavy atom. The topological polar surface area (TPSA) is 125 Å². The molecule has 3 aromatic rings. The number of benzene rings is 3. The van der Waals surface area contributed by atoms with Crippen LogP contribution in [0.2, 0.25) is 0 Å². The minimum Gasteiger partial charge on any atom is -0.497 e. The van der Waals surface area contributed by atoms with Crippen LogP contribution in [0.4, 0.5) is 5.69 Å². The Morgan fingerprint density at radius 2 is 1.47 bits per heavy atom. The number of rotatable bonds is 9. The zero-order chi connectivity index (χ0) is 25.9. The number of nitrogens with zero attached hydrogens (tertiary/aromatic N) is 1. The standard InChI is InChI=1S/C26H25N3O7/c1-4-35-23-15-17(5-14-22(23)36-26(32)18-6-10-20(33-2)11-7-18)16-27-29-25(31)24(30)28-19-8-12-21(34-3)13-9-19/h5-16H,4H2,1-3H3,(H,28,30)(H,29,31)/b27-16-. The van der Waals surface area contributed by atoms with Crippen LogP contribution in [0.5, 0.6) is 23.0 Å². The first-order valence-corrected chi connectivity index (χ1v) is 10.8. The summed E-state index contributed by atoms with van der Waals surface area (Å²) < 4.78 is 21.2. The lowest BCUT2D eigenvalue weighted by Gasteiger charge is -2.11. The van der Waals surface area contributed by atoms with Gasteiger partial charge in [0.25, 0.3) is 0 Å². The van der Waals surface area contributed by atoms with Crippen LogP contribution in [-0.2, 0) is 9.59 Å². The highest BCUT2D eigenvalue weighted by molar-refractivity contribution is 6.39. The second-order valence-corrected chi connectivity index (χ2v) is 7.14. The van der Waals surface area contributed by atoms with E-state index in [1.807, 2.05) is 0 Å². The van der Waals surface area contributed by atoms with Crippen molar-refractivity contribution in [3.05, 3.63) is 77.9 Å². The first kappa shape index (κ1) is 25.8. The van der Waals surface area contributed by atoms with Gasteiger partial charge >= 0.3 is 17.8 Å². The van der Waals surface area contributed by atoms with E-state index >= 15 is 0 Å². The number of amides is 2. The third-order valence-electron chi connectivity index (χ3n) is 4.73. The summed E-state index contributed by atoms with van der Waals surface area (Å²) in [7, 11) is 3.06. The van der Waals surface area contributed by atoms with Gasteiger partial charge in [0.1, 0.15) is 11.5 Å². The molecule has 0 unspecified atom stereocenters. The van der Waals surface area contributed by atoms with Crippen molar-refractivity contribution in [3.63, 3.8) is 0 Å². The Kier molecular flexibility index (Phi) is 8.99. The molecule has 186 valence electrons. The monoisotopic (exact) mass is 491 g/mol. The number of nitrogens with one attached hydrogen (secondary N) is 2. The molecule has 36 heavy (non-hydrogen) atoms. The van der Waals surface area contributed by atoms with E-state index in [-0.39, 0.29) is 5.75 Å². The molecular weight excluding hydrogens is 466 g/mol. The smallest absolute Gasteiger partial charge is 0.343 e. The quantitative estimate of drug-likeness (QED) is 0.155. The van der Waals surface area contributed by atoms with E-state index in [9.17, 15) is 14.4 Å². The highest BCUT2D eigenvalue weighted by Gasteiger charge is 2.15. The summed E-state index contributed by atoms with van der Waals surface area (Å²) in [5, 5.41) is 6.26. The van der Waals surface area contributed by atoms with Crippen LogP contribution in [0.25, 0.3) is 0 Å². The van der Waals surface area contributed by atoms with Crippen molar-refractivity contribution in [2.45, 2.75) is 6.92 Å². The van der Waals surface area contributed by atoms with Gasteiger partial charge in [-0.3, -0.25) is 9.59 Å². The zero-order valence-corrected chi connectivity index (χ0v) is 19.9. The zero-order valence-electron chi connectivity index (χ0n) is 19.9. The van der Waals surface area contributed by atoms with Gasteiger partial charge in [0, 0.05) is 5.69 Å². The van der Waals surface area contributed by atoms with Crippen LogP contribution in [0.15, 0.2) is 71.8 Å². The fourth-order valence-corrected chi connectivity index (χ4v) is 2.92. The van der Waals surface area contributed by atoms with Crippen molar-refractivity contribution in [1.29, 1.82) is 0 Å². The van der Waals surface area contributed by atoms with Gasteiger partial charge < -0.3 is 24.3 Å². The molecule has 0 aliphatic carbocycles. The summed E-state index contributed by atoms with van der Waals surface area (Å²) >= 11 is 0. The highest BCUT2D eigenvalue weighted by Crippen LogP contribution is 2.29. The van der Waals surface area contributed by atoms with E-state index in [1.165, 1.54) is 20.4 Å². The first-order chi connectivity index (χ1) is 17.4. The van der Waals surface area contributed by atoms with E-state index < -0.39 is 17.8 Å². The van der Waals surface area contributed by atoms with Gasteiger partial charge in [-0.1, -0.05) is 0 Å². The number of methoxy groups -OCH3 is 2. The Labute approximate surface area is 207 Å². The molecule has 0 saturated carbocycles. The van der Waals surface area contributed by atoms with Crippen molar-refractivity contribution < 1.29 is 33.3 Å². The lowest BCUT2D eigenvalue weighted by molar-refractivity contribution is -0.136. The first-order valence-electron chi connectivity index (χ1n) is 10.8. The molecule has 0 aliphatic rings. The molecule has 2 amide bonds. The number of ether oxygens (including phenoxy) is 4. The predicted octanol–water partition coefficient (Wildman–Crippen LogP) is 3.41. The molecular formula is C26H25N3O7. The van der Waals surface area contributed by atoms with Gasteiger partial charge in [0.05, 0.1) is 32.6 Å². The lowest BCUT2D eigenvalue weighted by atomic mass is 10.2. The third kappa shape index (κ3) is 7.07. The van der Waals surface area contributed by atoms with Crippen LogP contribution in [-0.4, -0.2) is 44.8 Å². The number of carbonyl (C=O) groups excluding carboxylic acids is 3. The van der Waals surface area contributed by atoms with E-state index in [0.717, 1.165) is 0 Å². The Morgan fingerprint density at radius 3 is 2.08 bits per heavy atom. The second kappa shape index (κ2) is 12.6. The molecule has 0 aromatic heterocycles. The van der Waals surface area contributed by atoms with Gasteiger partial charge in [0.2, 0.25) is 0 Å². The number of anilines is 1. The predicted molar refractivity (Wildman–Crippen MR) is 133 cm³/mol. The summed E-state index contributed by atoms with van der Waals surface area (Å²) in [6.45, 7) is 2.12. The van der Waals surface area contributed by atoms with Crippen molar-refractivity contribution in [2.24, 2.45) is 5.10 Å². The van der Waals surface area contributed by atoms with E-state index in [0.29, 0.717) is 40.7 Å². The number of esters is 1. The minimum atomic E-state index is -0.947. The average Bonchev–Trinajstić information content (AvgIpc) is 2.90. The maximum absolute atomic E-state index is 12.5. The fraction of sp³-hybridized carbons (Fsp3) is 0.154. The molecule has 3 rings (SSSR count).